The van der Waals surface area contributed by atoms with Crippen LogP contribution in [0, 0.1) is 0 Å². The summed E-state index contributed by atoms with van der Waals surface area (Å²) in [5.74, 6) is -0.411. The van der Waals surface area contributed by atoms with Crippen LogP contribution in [0.4, 0.5) is 19.0 Å². The molecule has 22 heavy (non-hydrogen) atoms. The SMILES string of the molecule is CS(=O)(=O)c1nnn(-c2c(Cl)cc(C(F)(F)F)cc2Cl)c1N. The number of rotatable bonds is 2. The molecule has 0 spiro atoms. The van der Waals surface area contributed by atoms with Crippen LogP contribution in [0.2, 0.25) is 10.0 Å². The number of nitrogens with zero attached hydrogens (tertiary/aromatic N) is 3. The molecule has 6 nitrogen and oxygen atoms in total. The molecule has 2 N–H and O–H groups in total. The topological polar surface area (TPSA) is 90.9 Å². The van der Waals surface area contributed by atoms with Crippen LogP contribution in [0.25, 0.3) is 5.69 Å². The van der Waals surface area contributed by atoms with E-state index in [-0.39, 0.29) is 5.69 Å². The van der Waals surface area contributed by atoms with Crippen LogP contribution in [0.5, 0.6) is 0 Å². The number of nitrogens with two attached hydrogens (primary N) is 1. The van der Waals surface area contributed by atoms with Gasteiger partial charge in [0.1, 0.15) is 5.69 Å². The standard InChI is InChI=1S/C10H7Cl2F3N4O2S/c1-22(20,21)9-8(16)19(18-17-9)7-5(11)2-4(3-6(7)12)10(13,14)15/h2-3H,16H2,1H3. The van der Waals surface area contributed by atoms with Gasteiger partial charge in [-0.1, -0.05) is 28.4 Å². The molecule has 0 aliphatic rings. The van der Waals surface area contributed by atoms with Crippen LogP contribution in [0.1, 0.15) is 5.56 Å². The second kappa shape index (κ2) is 5.28. The normalized spacial score (nSPS) is 12.6. The summed E-state index contributed by atoms with van der Waals surface area (Å²) in [5.41, 5.74) is 4.34. The van der Waals surface area contributed by atoms with E-state index in [0.29, 0.717) is 12.1 Å². The van der Waals surface area contributed by atoms with E-state index < -0.39 is 42.5 Å². The molecule has 2 aromatic rings. The molecule has 1 heterocycles. The first-order valence-corrected chi connectivity index (χ1v) is 8.05. The lowest BCUT2D eigenvalue weighted by Crippen LogP contribution is -2.09. The highest BCUT2D eigenvalue weighted by Gasteiger charge is 2.33. The molecule has 2 rings (SSSR count). The third-order valence-corrected chi connectivity index (χ3v) is 4.15. The fourth-order valence-corrected chi connectivity index (χ4v) is 2.93. The van der Waals surface area contributed by atoms with Gasteiger partial charge in [-0.25, -0.2) is 8.42 Å². The molecule has 0 saturated heterocycles. The van der Waals surface area contributed by atoms with Crippen molar-refractivity contribution in [3.8, 4) is 5.69 Å². The van der Waals surface area contributed by atoms with Crippen LogP contribution < -0.4 is 5.73 Å². The minimum absolute atomic E-state index is 0.198. The molecule has 0 saturated carbocycles. The smallest absolute Gasteiger partial charge is 0.381 e. The van der Waals surface area contributed by atoms with Crippen molar-refractivity contribution in [1.82, 2.24) is 15.0 Å². The quantitative estimate of drug-likeness (QED) is 0.871. The number of hydrogen-bond acceptors (Lipinski definition) is 5. The summed E-state index contributed by atoms with van der Waals surface area (Å²) in [6.07, 6.45) is -3.79. The van der Waals surface area contributed by atoms with Gasteiger partial charge in [-0.05, 0) is 12.1 Å². The maximum Gasteiger partial charge on any atom is 0.416 e. The molecule has 0 aliphatic carbocycles. The van der Waals surface area contributed by atoms with Gasteiger partial charge in [-0.15, -0.1) is 5.10 Å². The molecule has 0 aliphatic heterocycles. The first-order valence-electron chi connectivity index (χ1n) is 5.40. The molecule has 0 bridgehead atoms. The zero-order chi connectivity index (χ0) is 16.9. The summed E-state index contributed by atoms with van der Waals surface area (Å²) in [6, 6.07) is 1.26. The lowest BCUT2D eigenvalue weighted by molar-refractivity contribution is -0.137. The molecule has 1 aromatic carbocycles. The second-order valence-corrected chi connectivity index (χ2v) is 7.00. The largest absolute Gasteiger partial charge is 0.416 e. The van der Waals surface area contributed by atoms with Gasteiger partial charge in [0, 0.05) is 6.26 Å². The van der Waals surface area contributed by atoms with Gasteiger partial charge in [0.2, 0.25) is 5.03 Å². The van der Waals surface area contributed by atoms with Gasteiger partial charge < -0.3 is 5.73 Å². The molecule has 0 unspecified atom stereocenters. The minimum atomic E-state index is -4.64. The van der Waals surface area contributed by atoms with Crippen molar-refractivity contribution in [3.05, 3.63) is 27.7 Å². The van der Waals surface area contributed by atoms with Crippen molar-refractivity contribution in [3.63, 3.8) is 0 Å². The molecule has 0 fully saturated rings. The maximum absolute atomic E-state index is 12.7. The highest BCUT2D eigenvalue weighted by atomic mass is 35.5. The van der Waals surface area contributed by atoms with E-state index in [1.807, 2.05) is 0 Å². The number of aromatic nitrogens is 3. The summed E-state index contributed by atoms with van der Waals surface area (Å²) in [4.78, 5) is 0. The summed E-state index contributed by atoms with van der Waals surface area (Å²) >= 11 is 11.6. The number of nitrogen functional groups attached to an aromatic ring is 1. The average molecular weight is 375 g/mol. The molecular formula is C10H7Cl2F3N4O2S. The van der Waals surface area contributed by atoms with Gasteiger partial charge in [0.05, 0.1) is 15.6 Å². The number of benzene rings is 1. The van der Waals surface area contributed by atoms with E-state index in [1.54, 1.807) is 0 Å². The van der Waals surface area contributed by atoms with E-state index in [0.717, 1.165) is 10.9 Å². The van der Waals surface area contributed by atoms with Crippen LogP contribution in [-0.2, 0) is 16.0 Å². The number of hydrogen-bond donors (Lipinski definition) is 1. The molecule has 120 valence electrons. The average Bonchev–Trinajstić information content (AvgIpc) is 2.69. The number of sulfone groups is 1. The highest BCUT2D eigenvalue weighted by molar-refractivity contribution is 7.90. The maximum atomic E-state index is 12.7. The van der Waals surface area contributed by atoms with E-state index in [2.05, 4.69) is 10.3 Å². The monoisotopic (exact) mass is 374 g/mol. The number of alkyl halides is 3. The first-order chi connectivity index (χ1) is 9.93. The van der Waals surface area contributed by atoms with E-state index in [4.69, 9.17) is 28.9 Å². The van der Waals surface area contributed by atoms with Crippen molar-refractivity contribution < 1.29 is 21.6 Å². The van der Waals surface area contributed by atoms with Gasteiger partial charge in [0.25, 0.3) is 0 Å². The summed E-state index contributed by atoms with van der Waals surface area (Å²) in [6.45, 7) is 0. The number of halogens is 5. The predicted molar refractivity (Wildman–Crippen MR) is 73.9 cm³/mol. The predicted octanol–water partition coefficient (Wildman–Crippen LogP) is 2.58. The summed E-state index contributed by atoms with van der Waals surface area (Å²) in [7, 11) is -3.76. The Labute approximate surface area is 132 Å². The van der Waals surface area contributed by atoms with Crippen LogP contribution in [0.3, 0.4) is 0 Å². The Kier molecular flexibility index (Phi) is 4.05. The zero-order valence-electron chi connectivity index (χ0n) is 10.7. The number of anilines is 1. The van der Waals surface area contributed by atoms with Gasteiger partial charge >= 0.3 is 6.18 Å². The van der Waals surface area contributed by atoms with Crippen molar-refractivity contribution in [1.29, 1.82) is 0 Å². The Morgan fingerprint density at radius 3 is 2.09 bits per heavy atom. The molecule has 0 amide bonds. The van der Waals surface area contributed by atoms with Gasteiger partial charge in [0.15, 0.2) is 15.7 Å². The van der Waals surface area contributed by atoms with E-state index >= 15 is 0 Å². The highest BCUT2D eigenvalue weighted by Crippen LogP contribution is 2.38. The van der Waals surface area contributed by atoms with Crippen molar-refractivity contribution in [2.24, 2.45) is 0 Å². The Balaban J connectivity index is 2.68. The summed E-state index contributed by atoms with van der Waals surface area (Å²) < 4.78 is 61.6. The van der Waals surface area contributed by atoms with Crippen LogP contribution in [0.15, 0.2) is 17.2 Å². The minimum Gasteiger partial charge on any atom is -0.381 e. The molecule has 12 heteroatoms. The zero-order valence-corrected chi connectivity index (χ0v) is 13.0. The Hall–Kier alpha value is -1.52. The molecule has 1 aromatic heterocycles. The molecule has 0 atom stereocenters. The van der Waals surface area contributed by atoms with Gasteiger partial charge in [-0.2, -0.15) is 17.9 Å². The molecule has 0 radical (unpaired) electrons. The lowest BCUT2D eigenvalue weighted by Gasteiger charge is -2.12. The first kappa shape index (κ1) is 16.8. The lowest BCUT2D eigenvalue weighted by atomic mass is 10.2. The van der Waals surface area contributed by atoms with E-state index in [1.165, 1.54) is 0 Å². The summed E-state index contributed by atoms with van der Waals surface area (Å²) in [5, 5.41) is 5.52. The van der Waals surface area contributed by atoms with Crippen LogP contribution in [-0.4, -0.2) is 29.7 Å². The van der Waals surface area contributed by atoms with Crippen molar-refractivity contribution >= 4 is 38.9 Å². The Morgan fingerprint density at radius 1 is 1.23 bits per heavy atom. The Bertz CT molecular complexity index is 825. The second-order valence-electron chi connectivity index (χ2n) is 4.25. The van der Waals surface area contributed by atoms with Crippen molar-refractivity contribution in [2.75, 3.05) is 12.0 Å². The molecular weight excluding hydrogens is 368 g/mol. The van der Waals surface area contributed by atoms with Crippen molar-refractivity contribution in [2.45, 2.75) is 11.2 Å². The third kappa shape index (κ3) is 2.99. The Morgan fingerprint density at radius 2 is 1.73 bits per heavy atom. The third-order valence-electron chi connectivity index (χ3n) is 2.58. The fourth-order valence-electron chi connectivity index (χ4n) is 1.64. The van der Waals surface area contributed by atoms with E-state index in [9.17, 15) is 21.6 Å². The van der Waals surface area contributed by atoms with Gasteiger partial charge in [-0.3, -0.25) is 0 Å². The van der Waals surface area contributed by atoms with Crippen LogP contribution >= 0.6 is 23.2 Å². The fraction of sp³-hybridized carbons (Fsp3) is 0.200.